The van der Waals surface area contributed by atoms with E-state index < -0.39 is 0 Å². The largest absolute Gasteiger partial charge is 0.379 e. The Morgan fingerprint density at radius 3 is 2.73 bits per heavy atom. The summed E-state index contributed by atoms with van der Waals surface area (Å²) in [5, 5.41) is 12.1. The Bertz CT molecular complexity index is 1100. The first kappa shape index (κ1) is 21.2. The van der Waals surface area contributed by atoms with E-state index in [0.29, 0.717) is 48.5 Å². The molecule has 154 valence electrons. The molecule has 1 aromatic heterocycles. The van der Waals surface area contributed by atoms with E-state index in [1.165, 1.54) is 0 Å². The van der Waals surface area contributed by atoms with Crippen molar-refractivity contribution in [3.05, 3.63) is 70.3 Å². The van der Waals surface area contributed by atoms with Gasteiger partial charge in [-0.1, -0.05) is 24.3 Å². The summed E-state index contributed by atoms with van der Waals surface area (Å²) in [5.74, 6) is 0.371. The summed E-state index contributed by atoms with van der Waals surface area (Å²) in [6.07, 6.45) is 0.333. The minimum absolute atomic E-state index is 0.155. The molecule has 3 aromatic rings. The Hall–Kier alpha value is -3.54. The maximum absolute atomic E-state index is 12.5. The number of aromatic nitrogens is 2. The molecule has 0 radical (unpaired) electrons. The maximum atomic E-state index is 12.5. The highest BCUT2D eigenvalue weighted by Crippen LogP contribution is 2.09. The van der Waals surface area contributed by atoms with Crippen molar-refractivity contribution in [1.82, 2.24) is 9.97 Å². The molecule has 2 aromatic carbocycles. The molecule has 3 rings (SSSR count). The molecule has 0 fully saturated rings. The van der Waals surface area contributed by atoms with E-state index in [0.717, 1.165) is 10.5 Å². The number of aromatic amines is 1. The van der Waals surface area contributed by atoms with Crippen molar-refractivity contribution in [2.75, 3.05) is 32.1 Å². The molecule has 0 aliphatic rings. The van der Waals surface area contributed by atoms with Gasteiger partial charge < -0.3 is 19.9 Å². The monoisotopic (exact) mass is 406 g/mol. The molecule has 0 saturated heterocycles. The van der Waals surface area contributed by atoms with Crippen LogP contribution in [0.25, 0.3) is 10.9 Å². The molecule has 3 N–H and O–H groups in total. The zero-order valence-corrected chi connectivity index (χ0v) is 16.8. The molecular formula is C22H24N5O3+. The van der Waals surface area contributed by atoms with Crippen molar-refractivity contribution < 1.29 is 14.4 Å². The lowest BCUT2D eigenvalue weighted by atomic mass is 10.1. The number of nitriles is 1. The number of fused-ring (bicyclic) bond motifs is 1. The lowest BCUT2D eigenvalue weighted by Crippen LogP contribution is -3.12. The number of H-pyrrole nitrogens is 1. The Labute approximate surface area is 174 Å². The minimum atomic E-state index is -0.191. The lowest BCUT2D eigenvalue weighted by Gasteiger charge is -2.18. The van der Waals surface area contributed by atoms with Gasteiger partial charge in [-0.15, -0.1) is 0 Å². The van der Waals surface area contributed by atoms with Gasteiger partial charge in [0.05, 0.1) is 30.0 Å². The molecule has 0 spiro atoms. The number of methoxy groups -OCH3 is 1. The van der Waals surface area contributed by atoms with Crippen LogP contribution in [0.15, 0.2) is 53.3 Å². The Balaban J connectivity index is 1.68. The number of amides is 1. The van der Waals surface area contributed by atoms with Gasteiger partial charge in [-0.25, -0.2) is 4.98 Å². The fourth-order valence-electron chi connectivity index (χ4n) is 3.17. The van der Waals surface area contributed by atoms with Crippen LogP contribution in [0.3, 0.4) is 0 Å². The highest BCUT2D eigenvalue weighted by molar-refractivity contribution is 5.91. The number of ether oxygens (including phenoxy) is 1. The summed E-state index contributed by atoms with van der Waals surface area (Å²) >= 11 is 0. The summed E-state index contributed by atoms with van der Waals surface area (Å²) in [5.41, 5.74) is 2.01. The van der Waals surface area contributed by atoms with E-state index in [4.69, 9.17) is 10.00 Å². The zero-order chi connectivity index (χ0) is 21.3. The van der Waals surface area contributed by atoms with E-state index in [1.54, 1.807) is 37.4 Å². The average molecular weight is 406 g/mol. The smallest absolute Gasteiger partial charge is 0.279 e. The van der Waals surface area contributed by atoms with Crippen LogP contribution in [0.4, 0.5) is 5.69 Å². The van der Waals surface area contributed by atoms with Gasteiger partial charge in [0, 0.05) is 12.8 Å². The second-order valence-corrected chi connectivity index (χ2v) is 6.96. The van der Waals surface area contributed by atoms with Gasteiger partial charge in [0.15, 0.2) is 12.4 Å². The predicted molar refractivity (Wildman–Crippen MR) is 113 cm³/mol. The third kappa shape index (κ3) is 5.73. The third-order valence-corrected chi connectivity index (χ3v) is 4.67. The Kier molecular flexibility index (Phi) is 7.27. The lowest BCUT2D eigenvalue weighted by molar-refractivity contribution is -0.906. The fourth-order valence-corrected chi connectivity index (χ4v) is 3.17. The number of nitrogens with one attached hydrogen (secondary N) is 3. The van der Waals surface area contributed by atoms with Crippen molar-refractivity contribution in [2.45, 2.75) is 13.0 Å². The molecule has 1 amide bonds. The second-order valence-electron chi connectivity index (χ2n) is 6.96. The van der Waals surface area contributed by atoms with Crippen LogP contribution in [-0.4, -0.2) is 42.7 Å². The van der Waals surface area contributed by atoms with E-state index in [-0.39, 0.29) is 18.0 Å². The summed E-state index contributed by atoms with van der Waals surface area (Å²) in [6, 6.07) is 16.5. The quantitative estimate of drug-likeness (QED) is 0.483. The number of para-hydroxylation sites is 1. The van der Waals surface area contributed by atoms with Crippen LogP contribution in [0.2, 0.25) is 0 Å². The number of benzene rings is 2. The van der Waals surface area contributed by atoms with Gasteiger partial charge in [0.1, 0.15) is 13.1 Å². The average Bonchev–Trinajstić information content (AvgIpc) is 2.73. The zero-order valence-electron chi connectivity index (χ0n) is 16.8. The van der Waals surface area contributed by atoms with Gasteiger partial charge in [0.25, 0.3) is 11.5 Å². The van der Waals surface area contributed by atoms with E-state index in [1.807, 2.05) is 18.2 Å². The van der Waals surface area contributed by atoms with Crippen LogP contribution >= 0.6 is 0 Å². The highest BCUT2D eigenvalue weighted by Gasteiger charge is 2.17. The number of carbonyl (C=O) groups excluding carboxylic acids is 1. The Morgan fingerprint density at radius 1 is 1.23 bits per heavy atom. The number of anilines is 1. The molecule has 8 nitrogen and oxygen atoms in total. The number of nitrogens with zero attached hydrogens (tertiary/aromatic N) is 2. The van der Waals surface area contributed by atoms with E-state index >= 15 is 0 Å². The summed E-state index contributed by atoms with van der Waals surface area (Å²) in [4.78, 5) is 33.1. The normalized spacial score (nSPS) is 11.7. The topological polar surface area (TPSA) is 112 Å². The van der Waals surface area contributed by atoms with Crippen molar-refractivity contribution in [1.29, 1.82) is 5.26 Å². The molecular weight excluding hydrogens is 382 g/mol. The van der Waals surface area contributed by atoms with Gasteiger partial charge >= 0.3 is 0 Å². The molecule has 30 heavy (non-hydrogen) atoms. The predicted octanol–water partition coefficient (Wildman–Crippen LogP) is 0.659. The van der Waals surface area contributed by atoms with Crippen molar-refractivity contribution >= 4 is 22.5 Å². The maximum Gasteiger partial charge on any atom is 0.279 e. The van der Waals surface area contributed by atoms with Crippen LogP contribution in [-0.2, 0) is 22.5 Å². The molecule has 1 atom stereocenters. The highest BCUT2D eigenvalue weighted by atomic mass is 16.5. The number of hydrogen-bond acceptors (Lipinski definition) is 5. The minimum Gasteiger partial charge on any atom is -0.379 e. The van der Waals surface area contributed by atoms with Crippen molar-refractivity contribution in [3.8, 4) is 6.07 Å². The number of rotatable bonds is 9. The molecule has 0 bridgehead atoms. The molecule has 0 aliphatic heterocycles. The SMILES string of the molecule is COCC[NH+](CC(=O)Nc1ccc(CC#N)cc1)Cc1nc2ccccc2c(=O)[nH]1. The van der Waals surface area contributed by atoms with Gasteiger partial charge in [-0.2, -0.15) is 5.26 Å². The van der Waals surface area contributed by atoms with Crippen LogP contribution < -0.4 is 15.8 Å². The van der Waals surface area contributed by atoms with Crippen LogP contribution in [0.5, 0.6) is 0 Å². The van der Waals surface area contributed by atoms with Crippen LogP contribution in [0, 0.1) is 11.3 Å². The van der Waals surface area contributed by atoms with Crippen molar-refractivity contribution in [3.63, 3.8) is 0 Å². The van der Waals surface area contributed by atoms with Gasteiger partial charge in [-0.05, 0) is 29.8 Å². The molecule has 0 saturated carbocycles. The summed E-state index contributed by atoms with van der Waals surface area (Å²) in [6.45, 7) is 1.64. The molecule has 8 heteroatoms. The number of quaternary nitrogens is 1. The van der Waals surface area contributed by atoms with Gasteiger partial charge in [0.2, 0.25) is 0 Å². The standard InChI is InChI=1S/C22H23N5O3/c1-30-13-12-27(14-20-25-19-5-3-2-4-18(19)22(29)26-20)15-21(28)24-17-8-6-16(7-9-17)10-11-23/h2-9H,10,12-15H2,1H3,(H,24,28)(H,25,26,29)/p+1. The molecule has 1 unspecified atom stereocenters. The first-order valence-corrected chi connectivity index (χ1v) is 9.65. The summed E-state index contributed by atoms with van der Waals surface area (Å²) in [7, 11) is 1.61. The fraction of sp³-hybridized carbons (Fsp3) is 0.273. The second kappa shape index (κ2) is 10.3. The number of carbonyl (C=O) groups is 1. The van der Waals surface area contributed by atoms with E-state index in [9.17, 15) is 9.59 Å². The first-order valence-electron chi connectivity index (χ1n) is 9.65. The van der Waals surface area contributed by atoms with E-state index in [2.05, 4.69) is 21.4 Å². The third-order valence-electron chi connectivity index (χ3n) is 4.67. The van der Waals surface area contributed by atoms with Crippen LogP contribution in [0.1, 0.15) is 11.4 Å². The Morgan fingerprint density at radius 2 is 2.00 bits per heavy atom. The number of hydrogen-bond donors (Lipinski definition) is 3. The first-order chi connectivity index (χ1) is 14.6. The van der Waals surface area contributed by atoms with Crippen molar-refractivity contribution in [2.24, 2.45) is 0 Å². The summed E-state index contributed by atoms with van der Waals surface area (Å²) < 4.78 is 5.17. The molecule has 0 aliphatic carbocycles. The molecule has 1 heterocycles. The van der Waals surface area contributed by atoms with Gasteiger partial charge in [-0.3, -0.25) is 9.59 Å².